The summed E-state index contributed by atoms with van der Waals surface area (Å²) in [6, 6.07) is 17.4. The number of nitrogens with zero attached hydrogens (tertiary/aromatic N) is 1. The fraction of sp³-hybridized carbons (Fsp3) is 0.370. The fourth-order valence-corrected chi connectivity index (χ4v) is 3.56. The van der Waals surface area contributed by atoms with Crippen molar-refractivity contribution in [2.75, 3.05) is 0 Å². The van der Waals surface area contributed by atoms with Gasteiger partial charge in [-0.3, -0.25) is 9.59 Å². The minimum absolute atomic E-state index is 0.0432. The number of carbonyl (C=O) groups is 3. The Morgan fingerprint density at radius 3 is 2.03 bits per heavy atom. The zero-order chi connectivity index (χ0) is 27.6. The molecule has 0 radical (unpaired) electrons. The highest BCUT2D eigenvalue weighted by Gasteiger charge is 2.38. The number of benzene rings is 2. The minimum atomic E-state index is -5.08. The highest BCUT2D eigenvalue weighted by atomic mass is 19.4. The van der Waals surface area contributed by atoms with Crippen LogP contribution in [0.3, 0.4) is 0 Å². The zero-order valence-electron chi connectivity index (χ0n) is 20.7. The number of carboxylic acid groups (broad SMARTS) is 1. The molecule has 7 nitrogen and oxygen atoms in total. The molecule has 1 aliphatic heterocycles. The van der Waals surface area contributed by atoms with Crippen LogP contribution in [-0.2, 0) is 33.9 Å². The zero-order valence-corrected chi connectivity index (χ0v) is 20.7. The topological polar surface area (TPSA) is 113 Å². The van der Waals surface area contributed by atoms with Crippen molar-refractivity contribution >= 4 is 17.8 Å². The first-order valence-electron chi connectivity index (χ1n) is 11.8. The van der Waals surface area contributed by atoms with Crippen molar-refractivity contribution in [3.63, 3.8) is 0 Å². The molecule has 200 valence electrons. The third kappa shape index (κ3) is 9.72. The average Bonchev–Trinajstić information content (AvgIpc) is 3.29. The number of halogens is 3. The van der Waals surface area contributed by atoms with Gasteiger partial charge in [0.25, 0.3) is 0 Å². The van der Waals surface area contributed by atoms with Crippen LogP contribution in [0.1, 0.15) is 37.0 Å². The molecular weight excluding hydrogens is 487 g/mol. The number of hydrogen-bond acceptors (Lipinski definition) is 4. The lowest BCUT2D eigenvalue weighted by Crippen LogP contribution is -2.47. The second kappa shape index (κ2) is 13.6. The van der Waals surface area contributed by atoms with Crippen molar-refractivity contribution in [1.82, 2.24) is 10.2 Å². The van der Waals surface area contributed by atoms with Gasteiger partial charge in [0.05, 0.1) is 6.04 Å². The number of carboxylic acids is 1. The molecule has 37 heavy (non-hydrogen) atoms. The number of nitrogens with one attached hydrogen (secondary N) is 1. The Morgan fingerprint density at radius 2 is 1.54 bits per heavy atom. The van der Waals surface area contributed by atoms with Crippen molar-refractivity contribution in [3.05, 3.63) is 83.4 Å². The van der Waals surface area contributed by atoms with Gasteiger partial charge in [-0.1, -0.05) is 74.5 Å². The van der Waals surface area contributed by atoms with Crippen LogP contribution in [-0.4, -0.2) is 46.1 Å². The molecule has 0 aromatic heterocycles. The maximum absolute atomic E-state index is 12.7. The van der Waals surface area contributed by atoms with E-state index in [1.807, 2.05) is 49.1 Å². The number of fused-ring (bicyclic) bond motifs is 1. The molecule has 1 aliphatic rings. The third-order valence-electron chi connectivity index (χ3n) is 5.80. The van der Waals surface area contributed by atoms with Crippen LogP contribution in [0.25, 0.3) is 0 Å². The molecule has 1 heterocycles. The summed E-state index contributed by atoms with van der Waals surface area (Å²) in [5, 5.41) is 10.1. The molecule has 3 rings (SSSR count). The second-order valence-corrected chi connectivity index (χ2v) is 9.03. The van der Waals surface area contributed by atoms with E-state index in [0.29, 0.717) is 19.5 Å². The molecule has 2 atom stereocenters. The number of carbonyl (C=O) groups excluding carboxylic acids is 2. The van der Waals surface area contributed by atoms with Crippen LogP contribution in [0, 0.1) is 5.92 Å². The summed E-state index contributed by atoms with van der Waals surface area (Å²) in [6.45, 7) is 5.10. The highest BCUT2D eigenvalue weighted by Crippen LogP contribution is 2.22. The van der Waals surface area contributed by atoms with Crippen LogP contribution in [0.4, 0.5) is 13.2 Å². The van der Waals surface area contributed by atoms with Gasteiger partial charge in [0, 0.05) is 25.2 Å². The third-order valence-corrected chi connectivity index (χ3v) is 5.80. The van der Waals surface area contributed by atoms with Crippen molar-refractivity contribution < 1.29 is 32.7 Å². The van der Waals surface area contributed by atoms with Crippen molar-refractivity contribution in [1.29, 1.82) is 0 Å². The SMILES string of the molecule is CC(C)[C@H](N)C(=O)N[C@H](/C=C/C(=O)N1Cc2ccccc2C1)CCc1ccccc1.O=C(O)C(F)(F)F. The molecule has 4 N–H and O–H groups in total. The number of aliphatic carboxylic acids is 1. The summed E-state index contributed by atoms with van der Waals surface area (Å²) in [7, 11) is 0. The Kier molecular flexibility index (Phi) is 10.9. The van der Waals surface area contributed by atoms with Crippen LogP contribution in [0.2, 0.25) is 0 Å². The minimum Gasteiger partial charge on any atom is -0.475 e. The smallest absolute Gasteiger partial charge is 0.475 e. The summed E-state index contributed by atoms with van der Waals surface area (Å²) in [4.78, 5) is 35.9. The van der Waals surface area contributed by atoms with E-state index in [1.54, 1.807) is 12.2 Å². The Morgan fingerprint density at radius 1 is 1.03 bits per heavy atom. The Labute approximate surface area is 214 Å². The van der Waals surface area contributed by atoms with Gasteiger partial charge in [-0.15, -0.1) is 0 Å². The molecule has 2 aromatic rings. The maximum Gasteiger partial charge on any atom is 0.490 e. The lowest BCUT2D eigenvalue weighted by Gasteiger charge is -2.21. The number of amides is 2. The van der Waals surface area contributed by atoms with E-state index in [-0.39, 0.29) is 23.8 Å². The molecule has 2 aromatic carbocycles. The summed E-state index contributed by atoms with van der Waals surface area (Å²) in [5.74, 6) is -2.94. The van der Waals surface area contributed by atoms with Crippen LogP contribution < -0.4 is 11.1 Å². The van der Waals surface area contributed by atoms with Crippen LogP contribution in [0.15, 0.2) is 66.7 Å². The molecule has 0 spiro atoms. The lowest BCUT2D eigenvalue weighted by atomic mass is 10.0. The van der Waals surface area contributed by atoms with Crippen molar-refractivity contribution in [3.8, 4) is 0 Å². The highest BCUT2D eigenvalue weighted by molar-refractivity contribution is 5.88. The summed E-state index contributed by atoms with van der Waals surface area (Å²) in [6.07, 6.45) is -0.192. The molecule has 0 saturated carbocycles. The number of alkyl halides is 3. The van der Waals surface area contributed by atoms with Gasteiger partial charge in [-0.2, -0.15) is 13.2 Å². The quantitative estimate of drug-likeness (QED) is 0.459. The van der Waals surface area contributed by atoms with Gasteiger partial charge < -0.3 is 21.1 Å². The Balaban J connectivity index is 0.000000604. The van der Waals surface area contributed by atoms with E-state index in [9.17, 15) is 22.8 Å². The molecule has 0 saturated heterocycles. The van der Waals surface area contributed by atoms with Gasteiger partial charge in [-0.05, 0) is 35.4 Å². The lowest BCUT2D eigenvalue weighted by molar-refractivity contribution is -0.192. The first kappa shape index (κ1) is 29.6. The van der Waals surface area contributed by atoms with E-state index < -0.39 is 18.2 Å². The predicted octanol–water partition coefficient (Wildman–Crippen LogP) is 3.82. The first-order valence-corrected chi connectivity index (χ1v) is 11.8. The number of nitrogens with two attached hydrogens (primary N) is 1. The Hall–Kier alpha value is -3.66. The molecule has 10 heteroatoms. The van der Waals surface area contributed by atoms with Gasteiger partial charge >= 0.3 is 12.1 Å². The molecule has 0 fully saturated rings. The van der Waals surface area contributed by atoms with Crippen LogP contribution in [0.5, 0.6) is 0 Å². The second-order valence-electron chi connectivity index (χ2n) is 9.03. The number of rotatable bonds is 8. The van der Waals surface area contributed by atoms with Crippen molar-refractivity contribution in [2.45, 2.75) is 58.0 Å². The summed E-state index contributed by atoms with van der Waals surface area (Å²) >= 11 is 0. The summed E-state index contributed by atoms with van der Waals surface area (Å²) in [5.41, 5.74) is 9.58. The monoisotopic (exact) mass is 519 g/mol. The van der Waals surface area contributed by atoms with E-state index in [4.69, 9.17) is 15.6 Å². The fourth-order valence-electron chi connectivity index (χ4n) is 3.56. The van der Waals surface area contributed by atoms with E-state index in [0.717, 1.165) is 6.42 Å². The van der Waals surface area contributed by atoms with Gasteiger partial charge in [0.2, 0.25) is 11.8 Å². The standard InChI is InChI=1S/C25H31N3O2.C2HF3O2/c1-18(2)24(26)25(30)27-22(13-12-19-8-4-3-5-9-19)14-15-23(29)28-16-20-10-6-7-11-21(20)17-28;3-2(4,5)1(6)7/h3-11,14-15,18,22,24H,12-13,16-17,26H2,1-2H3,(H,27,30);(H,6,7)/b15-14+;/t22-,24-;/m0./s1. The summed E-state index contributed by atoms with van der Waals surface area (Å²) < 4.78 is 31.7. The van der Waals surface area contributed by atoms with Gasteiger partial charge in [-0.25, -0.2) is 4.79 Å². The van der Waals surface area contributed by atoms with Crippen molar-refractivity contribution in [2.24, 2.45) is 11.7 Å². The predicted molar refractivity (Wildman–Crippen MR) is 133 cm³/mol. The number of aryl methyl sites for hydroxylation is 1. The van der Waals surface area contributed by atoms with E-state index in [2.05, 4.69) is 29.6 Å². The van der Waals surface area contributed by atoms with E-state index >= 15 is 0 Å². The van der Waals surface area contributed by atoms with Gasteiger partial charge in [0.15, 0.2) is 0 Å². The number of hydrogen-bond donors (Lipinski definition) is 3. The molecule has 2 amide bonds. The molecule has 0 aliphatic carbocycles. The molecular formula is C27H32F3N3O4. The van der Waals surface area contributed by atoms with Gasteiger partial charge in [0.1, 0.15) is 0 Å². The normalized spacial score (nSPS) is 14.5. The van der Waals surface area contributed by atoms with E-state index in [1.165, 1.54) is 16.7 Å². The molecule has 0 unspecified atom stereocenters. The maximum atomic E-state index is 12.7. The Bertz CT molecular complexity index is 1060. The molecule has 0 bridgehead atoms. The largest absolute Gasteiger partial charge is 0.490 e. The van der Waals surface area contributed by atoms with Crippen LogP contribution >= 0.6 is 0 Å². The average molecular weight is 520 g/mol. The first-order chi connectivity index (χ1) is 17.4.